The summed E-state index contributed by atoms with van der Waals surface area (Å²) in [6.45, 7) is 6.60. The second-order valence-corrected chi connectivity index (χ2v) is 9.12. The molecule has 2 aromatic heterocycles. The zero-order valence-electron chi connectivity index (χ0n) is 20.6. The van der Waals surface area contributed by atoms with Gasteiger partial charge >= 0.3 is 0 Å². The summed E-state index contributed by atoms with van der Waals surface area (Å²) in [6, 6.07) is 7.69. The van der Waals surface area contributed by atoms with Gasteiger partial charge in [-0.1, -0.05) is 17.3 Å². The summed E-state index contributed by atoms with van der Waals surface area (Å²) in [5.74, 6) is 2.60. The number of likely N-dealkylation sites (N-methyl/N-ethyl adjacent to an activating group) is 1. The SMILES string of the molecule is CNCC(O)COc1cccc(-c2nc(CC3CC(OC)C3)c(C)c(-c3c(C)noc3C)n2)c1. The van der Waals surface area contributed by atoms with Gasteiger partial charge in [-0.05, 0) is 70.7 Å². The number of aromatic nitrogens is 3. The molecule has 1 saturated carbocycles. The van der Waals surface area contributed by atoms with Gasteiger partial charge in [0.2, 0.25) is 0 Å². The Morgan fingerprint density at radius 2 is 2.00 bits per heavy atom. The summed E-state index contributed by atoms with van der Waals surface area (Å²) < 4.78 is 16.7. The van der Waals surface area contributed by atoms with Gasteiger partial charge in [-0.25, -0.2) is 9.97 Å². The van der Waals surface area contributed by atoms with E-state index in [-0.39, 0.29) is 6.61 Å². The lowest BCUT2D eigenvalue weighted by Crippen LogP contribution is -2.32. The fourth-order valence-corrected chi connectivity index (χ4v) is 4.47. The molecule has 1 aliphatic rings. The Labute approximate surface area is 200 Å². The van der Waals surface area contributed by atoms with Gasteiger partial charge in [0.15, 0.2) is 5.82 Å². The van der Waals surface area contributed by atoms with Crippen LogP contribution in [0.3, 0.4) is 0 Å². The van der Waals surface area contributed by atoms with Gasteiger partial charge in [-0.2, -0.15) is 0 Å². The molecule has 3 aromatic rings. The van der Waals surface area contributed by atoms with Crippen LogP contribution in [0.1, 0.15) is 35.6 Å². The van der Waals surface area contributed by atoms with Crippen LogP contribution in [0.15, 0.2) is 28.8 Å². The average molecular weight is 467 g/mol. The molecule has 1 unspecified atom stereocenters. The third-order valence-electron chi connectivity index (χ3n) is 6.50. The van der Waals surface area contributed by atoms with Gasteiger partial charge in [0.1, 0.15) is 24.2 Å². The first-order valence-electron chi connectivity index (χ1n) is 11.8. The van der Waals surface area contributed by atoms with Gasteiger partial charge in [-0.3, -0.25) is 0 Å². The van der Waals surface area contributed by atoms with E-state index >= 15 is 0 Å². The van der Waals surface area contributed by atoms with Crippen molar-refractivity contribution in [1.29, 1.82) is 0 Å². The van der Waals surface area contributed by atoms with Crippen molar-refractivity contribution >= 4 is 0 Å². The Morgan fingerprint density at radius 3 is 2.68 bits per heavy atom. The third kappa shape index (κ3) is 5.29. The summed E-state index contributed by atoms with van der Waals surface area (Å²) in [7, 11) is 3.57. The number of aliphatic hydroxyl groups excluding tert-OH is 1. The number of methoxy groups -OCH3 is 1. The number of aryl methyl sites for hydroxylation is 2. The Bertz CT molecular complexity index is 1100. The quantitative estimate of drug-likeness (QED) is 0.467. The van der Waals surface area contributed by atoms with Crippen LogP contribution in [-0.2, 0) is 11.2 Å². The minimum Gasteiger partial charge on any atom is -0.491 e. The molecule has 0 spiro atoms. The van der Waals surface area contributed by atoms with Crippen molar-refractivity contribution in [2.24, 2.45) is 5.92 Å². The Kier molecular flexibility index (Phi) is 7.60. The number of benzene rings is 1. The van der Waals surface area contributed by atoms with Crippen LogP contribution in [-0.4, -0.2) is 59.7 Å². The van der Waals surface area contributed by atoms with E-state index in [1.807, 2.05) is 38.1 Å². The standard InChI is InChI=1S/C26H34N4O4/c1-15-23(11-18-9-22(10-18)32-5)28-26(29-25(15)24-16(2)30-34-17(24)3)19-7-6-8-21(12-19)33-14-20(31)13-27-4/h6-8,12,18,20,22,27,31H,9-11,13-14H2,1-5H3. The Morgan fingerprint density at radius 1 is 1.21 bits per heavy atom. The van der Waals surface area contributed by atoms with Crippen LogP contribution in [0.5, 0.6) is 5.75 Å². The van der Waals surface area contributed by atoms with E-state index in [1.165, 1.54) is 0 Å². The second-order valence-electron chi connectivity index (χ2n) is 9.12. The first-order valence-corrected chi connectivity index (χ1v) is 11.8. The fraction of sp³-hybridized carbons (Fsp3) is 0.500. The molecule has 1 aromatic carbocycles. The zero-order valence-corrected chi connectivity index (χ0v) is 20.6. The largest absolute Gasteiger partial charge is 0.491 e. The minimum atomic E-state index is -0.583. The van der Waals surface area contributed by atoms with Crippen LogP contribution in [0.4, 0.5) is 0 Å². The third-order valence-corrected chi connectivity index (χ3v) is 6.50. The van der Waals surface area contributed by atoms with E-state index < -0.39 is 6.10 Å². The number of nitrogens with zero attached hydrogens (tertiary/aromatic N) is 3. The molecule has 1 fully saturated rings. The first-order chi connectivity index (χ1) is 16.4. The number of ether oxygens (including phenoxy) is 2. The van der Waals surface area contributed by atoms with Crippen LogP contribution < -0.4 is 10.1 Å². The minimum absolute atomic E-state index is 0.205. The molecular formula is C26H34N4O4. The molecule has 4 rings (SSSR count). The fourth-order valence-electron chi connectivity index (χ4n) is 4.47. The van der Waals surface area contributed by atoms with E-state index in [0.29, 0.717) is 30.1 Å². The lowest BCUT2D eigenvalue weighted by atomic mass is 9.78. The molecule has 34 heavy (non-hydrogen) atoms. The number of hydrogen-bond acceptors (Lipinski definition) is 8. The normalized spacial score (nSPS) is 18.5. The predicted octanol–water partition coefficient (Wildman–Crippen LogP) is 3.65. The van der Waals surface area contributed by atoms with Crippen LogP contribution in [0.2, 0.25) is 0 Å². The monoisotopic (exact) mass is 466 g/mol. The molecule has 8 heteroatoms. The molecule has 182 valence electrons. The average Bonchev–Trinajstić information content (AvgIpc) is 3.13. The molecule has 0 amide bonds. The molecule has 0 saturated heterocycles. The molecule has 1 aliphatic carbocycles. The first kappa shape index (κ1) is 24.3. The van der Waals surface area contributed by atoms with Crippen LogP contribution in [0, 0.1) is 26.7 Å². The van der Waals surface area contributed by atoms with Crippen LogP contribution >= 0.6 is 0 Å². The van der Waals surface area contributed by atoms with Crippen molar-refractivity contribution < 1.29 is 19.1 Å². The lowest BCUT2D eigenvalue weighted by molar-refractivity contribution is 0.00112. The molecule has 2 heterocycles. The van der Waals surface area contributed by atoms with Crippen molar-refractivity contribution in [1.82, 2.24) is 20.4 Å². The van der Waals surface area contributed by atoms with Crippen molar-refractivity contribution in [3.63, 3.8) is 0 Å². The zero-order chi connectivity index (χ0) is 24.2. The van der Waals surface area contributed by atoms with E-state index in [2.05, 4.69) is 17.4 Å². The molecule has 0 bridgehead atoms. The summed E-state index contributed by atoms with van der Waals surface area (Å²) in [5.41, 5.74) is 5.55. The predicted molar refractivity (Wildman–Crippen MR) is 130 cm³/mol. The van der Waals surface area contributed by atoms with E-state index in [1.54, 1.807) is 14.2 Å². The van der Waals surface area contributed by atoms with Crippen molar-refractivity contribution in [2.75, 3.05) is 27.3 Å². The van der Waals surface area contributed by atoms with E-state index in [9.17, 15) is 5.11 Å². The molecule has 8 nitrogen and oxygen atoms in total. The number of rotatable bonds is 10. The highest BCUT2D eigenvalue weighted by molar-refractivity contribution is 5.71. The molecule has 2 N–H and O–H groups in total. The second kappa shape index (κ2) is 10.6. The maximum atomic E-state index is 9.97. The van der Waals surface area contributed by atoms with Crippen molar-refractivity contribution in [2.45, 2.75) is 52.2 Å². The van der Waals surface area contributed by atoms with Gasteiger partial charge < -0.3 is 24.4 Å². The maximum Gasteiger partial charge on any atom is 0.160 e. The summed E-state index contributed by atoms with van der Waals surface area (Å²) in [5, 5.41) is 17.1. The van der Waals surface area contributed by atoms with E-state index in [4.69, 9.17) is 24.0 Å². The van der Waals surface area contributed by atoms with Gasteiger partial charge in [0, 0.05) is 24.9 Å². The Balaban J connectivity index is 1.69. The highest BCUT2D eigenvalue weighted by atomic mass is 16.5. The topological polar surface area (TPSA) is 103 Å². The molecular weight excluding hydrogens is 432 g/mol. The Hall–Kier alpha value is -2.81. The number of aliphatic hydroxyl groups is 1. The number of nitrogens with one attached hydrogen (secondary N) is 1. The smallest absolute Gasteiger partial charge is 0.160 e. The lowest BCUT2D eigenvalue weighted by Gasteiger charge is -2.34. The summed E-state index contributed by atoms with van der Waals surface area (Å²) >= 11 is 0. The summed E-state index contributed by atoms with van der Waals surface area (Å²) in [4.78, 5) is 9.96. The molecule has 0 radical (unpaired) electrons. The van der Waals surface area contributed by atoms with Crippen LogP contribution in [0.25, 0.3) is 22.6 Å². The van der Waals surface area contributed by atoms with Gasteiger partial charge in [0.25, 0.3) is 0 Å². The highest BCUT2D eigenvalue weighted by Crippen LogP contribution is 2.36. The highest BCUT2D eigenvalue weighted by Gasteiger charge is 2.31. The van der Waals surface area contributed by atoms with Crippen molar-refractivity contribution in [3.8, 4) is 28.4 Å². The van der Waals surface area contributed by atoms with E-state index in [0.717, 1.165) is 58.8 Å². The summed E-state index contributed by atoms with van der Waals surface area (Å²) in [6.07, 6.45) is 2.74. The van der Waals surface area contributed by atoms with Gasteiger partial charge in [-0.15, -0.1) is 0 Å². The van der Waals surface area contributed by atoms with Crippen molar-refractivity contribution in [3.05, 3.63) is 47.0 Å². The maximum absolute atomic E-state index is 9.97. The molecule has 1 atom stereocenters. The number of hydrogen-bond donors (Lipinski definition) is 2. The van der Waals surface area contributed by atoms with Gasteiger partial charge in [0.05, 0.1) is 23.1 Å². The molecule has 0 aliphatic heterocycles.